The number of hydrogen-bond donors (Lipinski definition) is 0. The van der Waals surface area contributed by atoms with E-state index in [9.17, 15) is 0 Å². The topological polar surface area (TPSA) is 0 Å². The van der Waals surface area contributed by atoms with Crippen molar-refractivity contribution in [3.63, 3.8) is 0 Å². The van der Waals surface area contributed by atoms with Crippen molar-refractivity contribution < 1.29 is 51.0 Å². The Hall–Kier alpha value is 0.423. The Morgan fingerprint density at radius 2 is 1.76 bits per heavy atom. The molecule has 92 valence electrons. The molecule has 1 atom stereocenters. The van der Waals surface area contributed by atoms with Crippen LogP contribution in [0.4, 0.5) is 0 Å². The molecule has 2 aliphatic carbocycles. The van der Waals surface area contributed by atoms with E-state index in [1.807, 2.05) is 6.08 Å². The van der Waals surface area contributed by atoms with Crippen LogP contribution in [0.5, 0.6) is 0 Å². The zero-order valence-electron chi connectivity index (χ0n) is 10.8. The smallest absolute Gasteiger partial charge is 1.00 e. The van der Waals surface area contributed by atoms with Gasteiger partial charge in [-0.3, -0.25) is 12.2 Å². The van der Waals surface area contributed by atoms with Gasteiger partial charge in [0.05, 0.1) is 0 Å². The predicted octanol–water partition coefficient (Wildman–Crippen LogP) is -1.97. The second kappa shape index (κ2) is 11.5. The summed E-state index contributed by atoms with van der Waals surface area (Å²) in [5.74, 6) is 0.556. The Labute approximate surface area is 137 Å². The van der Waals surface area contributed by atoms with Crippen LogP contribution in [0.25, 0.3) is 0 Å². The first kappa shape index (κ1) is 22.6. The van der Waals surface area contributed by atoms with Gasteiger partial charge in [0.1, 0.15) is 0 Å². The van der Waals surface area contributed by atoms with Gasteiger partial charge < -0.3 is 24.8 Å². The molecular weight excluding hydrogens is 330 g/mol. The van der Waals surface area contributed by atoms with Crippen LogP contribution in [0.2, 0.25) is 0 Å². The summed E-state index contributed by atoms with van der Waals surface area (Å²) < 4.78 is 0. The molecule has 2 rings (SSSR count). The molecule has 0 fully saturated rings. The summed E-state index contributed by atoms with van der Waals surface area (Å²) in [6.45, 7) is 8.43. The summed E-state index contributed by atoms with van der Waals surface area (Å²) in [6.07, 6.45) is 13.8. The van der Waals surface area contributed by atoms with Gasteiger partial charge in [-0.1, -0.05) is 26.7 Å². The van der Waals surface area contributed by atoms with Gasteiger partial charge in [-0.2, -0.15) is 11.6 Å². The summed E-state index contributed by atoms with van der Waals surface area (Å²) in [5, 5.41) is 0. The Morgan fingerprint density at radius 1 is 1.18 bits per heavy atom. The number of allylic oxidation sites excluding steroid dienone is 8. The summed E-state index contributed by atoms with van der Waals surface area (Å²) in [6, 6.07) is 0. The molecule has 0 aromatic rings. The molecule has 0 amide bonds. The van der Waals surface area contributed by atoms with Gasteiger partial charge in [-0.15, -0.1) is 13.3 Å². The average molecular weight is 348 g/mol. The third-order valence-corrected chi connectivity index (χ3v) is 2.20. The largest absolute Gasteiger partial charge is 4.00 e. The Kier molecular flexibility index (Phi) is 15.3. The third kappa shape index (κ3) is 10.1. The van der Waals surface area contributed by atoms with Crippen molar-refractivity contribution >= 4 is 0 Å². The van der Waals surface area contributed by atoms with Crippen molar-refractivity contribution in [1.29, 1.82) is 0 Å². The van der Waals surface area contributed by atoms with E-state index in [1.165, 1.54) is 16.7 Å². The van der Waals surface area contributed by atoms with Gasteiger partial charge in [-0.25, -0.2) is 23.3 Å². The van der Waals surface area contributed by atoms with Crippen LogP contribution in [0.1, 0.15) is 34.1 Å². The first-order valence-electron chi connectivity index (χ1n) is 5.10. The van der Waals surface area contributed by atoms with E-state index in [0.717, 1.165) is 6.42 Å². The Morgan fingerprint density at radius 3 is 1.88 bits per heavy atom. The summed E-state index contributed by atoms with van der Waals surface area (Å²) in [7, 11) is 0. The monoisotopic (exact) mass is 346 g/mol. The normalized spacial score (nSPS) is 19.5. The van der Waals surface area contributed by atoms with E-state index in [2.05, 4.69) is 52.0 Å². The third-order valence-electron chi connectivity index (χ3n) is 2.20. The van der Waals surface area contributed by atoms with Gasteiger partial charge in [0, 0.05) is 0 Å². The van der Waals surface area contributed by atoms with E-state index < -0.39 is 0 Å². The van der Waals surface area contributed by atoms with E-state index >= 15 is 0 Å². The van der Waals surface area contributed by atoms with Crippen LogP contribution in [0, 0.1) is 18.1 Å². The van der Waals surface area contributed by atoms with Crippen molar-refractivity contribution in [2.75, 3.05) is 0 Å². The van der Waals surface area contributed by atoms with E-state index in [0.29, 0.717) is 5.92 Å². The van der Waals surface area contributed by atoms with Crippen LogP contribution in [-0.4, -0.2) is 0 Å². The molecule has 1 unspecified atom stereocenters. The minimum Gasteiger partial charge on any atom is -1.00 e. The molecule has 17 heavy (non-hydrogen) atoms. The van der Waals surface area contributed by atoms with Gasteiger partial charge in [0.15, 0.2) is 0 Å². The van der Waals surface area contributed by atoms with Crippen LogP contribution < -0.4 is 24.8 Å². The summed E-state index contributed by atoms with van der Waals surface area (Å²) >= 11 is 0. The molecular formula is C14H18Cl2Zr. The second-order valence-corrected chi connectivity index (χ2v) is 4.04. The van der Waals surface area contributed by atoms with Gasteiger partial charge in [-0.05, 0) is 0 Å². The maximum atomic E-state index is 3.19. The number of hydrogen-bond acceptors (Lipinski definition) is 0. The fraction of sp³-hybridized carbons (Fsp3) is 0.429. The zero-order chi connectivity index (χ0) is 10.6. The van der Waals surface area contributed by atoms with Crippen LogP contribution in [0.15, 0.2) is 34.9 Å². The van der Waals surface area contributed by atoms with Crippen LogP contribution in [-0.2, 0) is 26.2 Å². The molecule has 0 bridgehead atoms. The van der Waals surface area contributed by atoms with Crippen molar-refractivity contribution in [3.05, 3.63) is 47.1 Å². The molecule has 2 aliphatic rings. The molecule has 3 heteroatoms. The molecule has 0 aromatic carbocycles. The molecule has 0 heterocycles. The summed E-state index contributed by atoms with van der Waals surface area (Å²) in [4.78, 5) is 0. The molecule has 0 radical (unpaired) electrons. The molecule has 0 aliphatic heterocycles. The van der Waals surface area contributed by atoms with E-state index in [4.69, 9.17) is 0 Å². The molecule has 0 spiro atoms. The fourth-order valence-electron chi connectivity index (χ4n) is 1.50. The van der Waals surface area contributed by atoms with Crippen LogP contribution >= 0.6 is 0 Å². The molecule has 0 saturated heterocycles. The Bertz CT molecular complexity index is 325. The molecule has 0 saturated carbocycles. The number of halogens is 2. The Balaban J connectivity index is -0.000000196. The fourth-order valence-corrected chi connectivity index (χ4v) is 1.50. The molecule has 0 N–H and O–H groups in total. The van der Waals surface area contributed by atoms with Crippen molar-refractivity contribution in [1.82, 2.24) is 0 Å². The van der Waals surface area contributed by atoms with Gasteiger partial charge in [0.25, 0.3) is 0 Å². The minimum absolute atomic E-state index is 0. The van der Waals surface area contributed by atoms with Crippen LogP contribution in [0.3, 0.4) is 0 Å². The first-order valence-corrected chi connectivity index (χ1v) is 5.10. The number of rotatable bonds is 0. The minimum atomic E-state index is 0. The SMILES string of the molecule is CC1=CC(C)[C-]=C1.CC1=[C-]CC(C)=C1.[Cl-].[Cl-].[Zr+4]. The average Bonchev–Trinajstić information content (AvgIpc) is 2.63. The quantitative estimate of drug-likeness (QED) is 0.446. The first-order chi connectivity index (χ1) is 6.58. The van der Waals surface area contributed by atoms with Crippen molar-refractivity contribution in [2.24, 2.45) is 5.92 Å². The maximum absolute atomic E-state index is 3.19. The van der Waals surface area contributed by atoms with E-state index in [-0.39, 0.29) is 51.0 Å². The summed E-state index contributed by atoms with van der Waals surface area (Å²) in [5.41, 5.74) is 4.06. The molecule has 0 nitrogen and oxygen atoms in total. The van der Waals surface area contributed by atoms with Crippen molar-refractivity contribution in [2.45, 2.75) is 34.1 Å². The van der Waals surface area contributed by atoms with Gasteiger partial charge >= 0.3 is 26.2 Å². The van der Waals surface area contributed by atoms with Gasteiger partial charge in [0.2, 0.25) is 0 Å². The molecule has 0 aromatic heterocycles. The standard InChI is InChI=1S/2C7H9.2ClH.Zr/c2*1-6-3-4-7(2)5-6;;;/h5H,3H2,1-2H3;3,5,7H,1-2H3;2*1H;/q2*-1;;;+4/p-2. The second-order valence-electron chi connectivity index (χ2n) is 4.04. The predicted molar refractivity (Wildman–Crippen MR) is 61.5 cm³/mol. The maximum Gasteiger partial charge on any atom is 4.00 e. The van der Waals surface area contributed by atoms with E-state index in [1.54, 1.807) is 0 Å². The zero-order valence-corrected chi connectivity index (χ0v) is 14.7. The van der Waals surface area contributed by atoms with Crippen molar-refractivity contribution in [3.8, 4) is 0 Å².